The number of aliphatic imine (C=N–C) groups is 1. The number of aryl methyl sites for hydroxylation is 1. The molecular formula is C22H16BrClFNS. The second-order valence-electron chi connectivity index (χ2n) is 5.83. The van der Waals surface area contributed by atoms with E-state index in [1.54, 1.807) is 12.1 Å². The van der Waals surface area contributed by atoms with Gasteiger partial charge in [-0.1, -0.05) is 63.1 Å². The van der Waals surface area contributed by atoms with Crippen LogP contribution in [0.5, 0.6) is 0 Å². The van der Waals surface area contributed by atoms with Gasteiger partial charge in [0, 0.05) is 14.9 Å². The molecule has 136 valence electrons. The quantitative estimate of drug-likeness (QED) is 0.278. The Morgan fingerprint density at radius 3 is 2.41 bits per heavy atom. The summed E-state index contributed by atoms with van der Waals surface area (Å²) >= 11 is 11.4. The SMILES string of the molecule is Cc1ccc(N=C(C=CSc2ccc(F)cc2)c2ccc(Br)cc2Cl)cc1. The average molecular weight is 461 g/mol. The van der Waals surface area contributed by atoms with E-state index in [1.807, 2.05) is 60.9 Å². The number of rotatable bonds is 5. The summed E-state index contributed by atoms with van der Waals surface area (Å²) in [4.78, 5) is 5.71. The molecule has 3 aromatic rings. The van der Waals surface area contributed by atoms with E-state index < -0.39 is 0 Å². The molecule has 0 bridgehead atoms. The van der Waals surface area contributed by atoms with E-state index >= 15 is 0 Å². The molecule has 0 fully saturated rings. The Morgan fingerprint density at radius 2 is 1.74 bits per heavy atom. The van der Waals surface area contributed by atoms with Crippen molar-refractivity contribution in [2.75, 3.05) is 0 Å². The molecule has 0 saturated heterocycles. The van der Waals surface area contributed by atoms with Crippen LogP contribution in [0.1, 0.15) is 11.1 Å². The van der Waals surface area contributed by atoms with E-state index in [0.717, 1.165) is 26.3 Å². The summed E-state index contributed by atoms with van der Waals surface area (Å²) in [5, 5.41) is 2.55. The van der Waals surface area contributed by atoms with Crippen LogP contribution in [0.4, 0.5) is 10.1 Å². The molecule has 27 heavy (non-hydrogen) atoms. The van der Waals surface area contributed by atoms with Gasteiger partial charge in [0.25, 0.3) is 0 Å². The highest BCUT2D eigenvalue weighted by atomic mass is 79.9. The van der Waals surface area contributed by atoms with Crippen molar-refractivity contribution in [1.82, 2.24) is 0 Å². The van der Waals surface area contributed by atoms with Gasteiger partial charge in [-0.25, -0.2) is 9.38 Å². The first-order valence-electron chi connectivity index (χ1n) is 8.21. The molecule has 0 aromatic heterocycles. The highest BCUT2D eigenvalue weighted by molar-refractivity contribution is 9.10. The molecule has 0 heterocycles. The Morgan fingerprint density at radius 1 is 1.04 bits per heavy atom. The molecule has 0 amide bonds. The van der Waals surface area contributed by atoms with Gasteiger partial charge >= 0.3 is 0 Å². The van der Waals surface area contributed by atoms with Crippen LogP contribution in [0.25, 0.3) is 0 Å². The molecule has 0 aliphatic carbocycles. The molecule has 0 saturated carbocycles. The van der Waals surface area contributed by atoms with Gasteiger partial charge in [0.15, 0.2) is 0 Å². The number of hydrogen-bond donors (Lipinski definition) is 0. The van der Waals surface area contributed by atoms with E-state index in [-0.39, 0.29) is 5.82 Å². The van der Waals surface area contributed by atoms with Gasteiger partial charge in [-0.05, 0) is 66.9 Å². The lowest BCUT2D eigenvalue weighted by atomic mass is 10.1. The molecule has 0 unspecified atom stereocenters. The van der Waals surface area contributed by atoms with Crippen molar-refractivity contribution in [3.63, 3.8) is 0 Å². The zero-order valence-corrected chi connectivity index (χ0v) is 17.7. The summed E-state index contributed by atoms with van der Waals surface area (Å²) in [7, 11) is 0. The van der Waals surface area contributed by atoms with Crippen LogP contribution in [0, 0.1) is 12.7 Å². The Labute approximate surface area is 176 Å². The Kier molecular flexibility index (Phi) is 6.89. The van der Waals surface area contributed by atoms with E-state index in [9.17, 15) is 4.39 Å². The van der Waals surface area contributed by atoms with Crippen LogP contribution in [0.2, 0.25) is 5.02 Å². The number of thioether (sulfide) groups is 1. The van der Waals surface area contributed by atoms with Crippen LogP contribution in [-0.2, 0) is 0 Å². The number of benzene rings is 3. The third-order valence-corrected chi connectivity index (χ3v) is 5.36. The van der Waals surface area contributed by atoms with Crippen molar-refractivity contribution in [3.8, 4) is 0 Å². The predicted octanol–water partition coefficient (Wildman–Crippen LogP) is 7.98. The first-order valence-corrected chi connectivity index (χ1v) is 10.3. The molecule has 3 rings (SSSR count). The van der Waals surface area contributed by atoms with Crippen molar-refractivity contribution in [3.05, 3.63) is 105 Å². The fourth-order valence-electron chi connectivity index (χ4n) is 2.33. The van der Waals surface area contributed by atoms with Crippen LogP contribution < -0.4 is 0 Å². The summed E-state index contributed by atoms with van der Waals surface area (Å²) in [6, 6.07) is 20.1. The first kappa shape index (κ1) is 19.9. The first-order chi connectivity index (χ1) is 13.0. The van der Waals surface area contributed by atoms with E-state index in [2.05, 4.69) is 15.9 Å². The van der Waals surface area contributed by atoms with Gasteiger partial charge in [-0.15, -0.1) is 0 Å². The molecule has 0 radical (unpaired) electrons. The Bertz CT molecular complexity index is 982. The predicted molar refractivity (Wildman–Crippen MR) is 118 cm³/mol. The lowest BCUT2D eigenvalue weighted by Gasteiger charge is -2.06. The normalized spacial score (nSPS) is 11.9. The molecule has 1 nitrogen and oxygen atoms in total. The minimum absolute atomic E-state index is 0.244. The minimum atomic E-state index is -0.244. The summed E-state index contributed by atoms with van der Waals surface area (Å²) in [5.74, 6) is -0.244. The molecular weight excluding hydrogens is 445 g/mol. The third-order valence-electron chi connectivity index (χ3n) is 3.73. The van der Waals surface area contributed by atoms with Gasteiger partial charge in [0.1, 0.15) is 5.82 Å². The number of allylic oxidation sites excluding steroid dienone is 1. The van der Waals surface area contributed by atoms with Crippen molar-refractivity contribution >= 4 is 50.7 Å². The second kappa shape index (κ2) is 9.36. The zero-order chi connectivity index (χ0) is 19.2. The fraction of sp³-hybridized carbons (Fsp3) is 0.0455. The molecule has 0 N–H and O–H groups in total. The average Bonchev–Trinajstić information content (AvgIpc) is 2.64. The Hall–Kier alpha value is -1.88. The summed E-state index contributed by atoms with van der Waals surface area (Å²) in [5.41, 5.74) is 3.63. The third kappa shape index (κ3) is 5.80. The fourth-order valence-corrected chi connectivity index (χ4v) is 3.75. The maximum absolute atomic E-state index is 13.0. The topological polar surface area (TPSA) is 12.4 Å². The van der Waals surface area contributed by atoms with Crippen LogP contribution in [0.15, 0.2) is 92.6 Å². The standard InChI is InChI=1S/C22H16BrClFNS/c1-15-2-7-18(8-3-15)26-22(20-11-4-16(23)14-21(20)24)12-13-27-19-9-5-17(25)6-10-19/h2-14H,1H3. The number of halogens is 3. The zero-order valence-electron chi connectivity index (χ0n) is 14.5. The molecule has 3 aromatic carbocycles. The minimum Gasteiger partial charge on any atom is -0.248 e. The molecule has 0 atom stereocenters. The largest absolute Gasteiger partial charge is 0.248 e. The smallest absolute Gasteiger partial charge is 0.123 e. The van der Waals surface area contributed by atoms with Gasteiger partial charge in [0.05, 0.1) is 16.4 Å². The number of hydrogen-bond acceptors (Lipinski definition) is 2. The van der Waals surface area contributed by atoms with Crippen molar-refractivity contribution < 1.29 is 4.39 Å². The summed E-state index contributed by atoms with van der Waals surface area (Å²) < 4.78 is 14.0. The lowest BCUT2D eigenvalue weighted by Crippen LogP contribution is -1.97. The lowest BCUT2D eigenvalue weighted by molar-refractivity contribution is 0.626. The Balaban J connectivity index is 1.92. The van der Waals surface area contributed by atoms with Crippen molar-refractivity contribution in [2.24, 2.45) is 4.99 Å². The van der Waals surface area contributed by atoms with Gasteiger partial charge < -0.3 is 0 Å². The molecule has 5 heteroatoms. The maximum atomic E-state index is 13.0. The molecule has 0 aliphatic rings. The maximum Gasteiger partial charge on any atom is 0.123 e. The molecule has 0 spiro atoms. The summed E-state index contributed by atoms with van der Waals surface area (Å²) in [6.45, 7) is 2.04. The van der Waals surface area contributed by atoms with E-state index in [1.165, 1.54) is 29.5 Å². The van der Waals surface area contributed by atoms with Crippen LogP contribution >= 0.6 is 39.3 Å². The highest BCUT2D eigenvalue weighted by Gasteiger charge is 2.07. The van der Waals surface area contributed by atoms with Gasteiger partial charge in [0.2, 0.25) is 0 Å². The van der Waals surface area contributed by atoms with Gasteiger partial charge in [-0.2, -0.15) is 0 Å². The summed E-state index contributed by atoms with van der Waals surface area (Å²) in [6.07, 6.45) is 1.92. The van der Waals surface area contributed by atoms with Crippen LogP contribution in [-0.4, -0.2) is 5.71 Å². The van der Waals surface area contributed by atoms with Crippen molar-refractivity contribution in [1.29, 1.82) is 0 Å². The second-order valence-corrected chi connectivity index (χ2v) is 8.13. The monoisotopic (exact) mass is 459 g/mol. The number of nitrogens with zero attached hydrogens (tertiary/aromatic N) is 1. The molecule has 0 aliphatic heterocycles. The van der Waals surface area contributed by atoms with Gasteiger partial charge in [-0.3, -0.25) is 0 Å². The highest BCUT2D eigenvalue weighted by Crippen LogP contribution is 2.26. The van der Waals surface area contributed by atoms with Crippen molar-refractivity contribution in [2.45, 2.75) is 11.8 Å². The van der Waals surface area contributed by atoms with E-state index in [0.29, 0.717) is 5.02 Å². The van der Waals surface area contributed by atoms with Crippen LogP contribution in [0.3, 0.4) is 0 Å². The van der Waals surface area contributed by atoms with E-state index in [4.69, 9.17) is 16.6 Å².